The fourth-order valence-corrected chi connectivity index (χ4v) is 2.94. The number of nitrogens with zero attached hydrogens (tertiary/aromatic N) is 1. The first-order valence-electron chi connectivity index (χ1n) is 9.18. The summed E-state index contributed by atoms with van der Waals surface area (Å²) in [5.74, 6) is -1.24. The highest BCUT2D eigenvalue weighted by Crippen LogP contribution is 2.26. The molecule has 0 spiro atoms. The van der Waals surface area contributed by atoms with Gasteiger partial charge in [-0.15, -0.1) is 0 Å². The van der Waals surface area contributed by atoms with E-state index in [-0.39, 0.29) is 17.8 Å². The lowest BCUT2D eigenvalue weighted by atomic mass is 10.0. The Labute approximate surface area is 161 Å². The van der Waals surface area contributed by atoms with Crippen LogP contribution in [0.1, 0.15) is 30.1 Å². The van der Waals surface area contributed by atoms with Crippen LogP contribution in [0.3, 0.4) is 0 Å². The quantitative estimate of drug-likeness (QED) is 0.685. The van der Waals surface area contributed by atoms with Crippen molar-refractivity contribution >= 4 is 22.8 Å². The fraction of sp³-hybridized carbons (Fsp3) is 0.227. The van der Waals surface area contributed by atoms with Gasteiger partial charge in [-0.05, 0) is 56.2 Å². The van der Waals surface area contributed by atoms with Gasteiger partial charge in [-0.25, -0.2) is 14.2 Å². The number of amides is 1. The van der Waals surface area contributed by atoms with E-state index in [0.29, 0.717) is 27.7 Å². The lowest BCUT2D eigenvalue weighted by Crippen LogP contribution is -2.37. The molecule has 4 rings (SSSR count). The van der Waals surface area contributed by atoms with E-state index in [0.717, 1.165) is 12.8 Å². The molecule has 1 aliphatic carbocycles. The van der Waals surface area contributed by atoms with E-state index in [2.05, 4.69) is 10.3 Å². The van der Waals surface area contributed by atoms with Crippen LogP contribution in [-0.4, -0.2) is 29.0 Å². The maximum atomic E-state index is 13.2. The molecular weight excluding hydrogens is 359 g/mol. The molecule has 142 valence electrons. The van der Waals surface area contributed by atoms with E-state index in [1.807, 2.05) is 12.1 Å². The summed E-state index contributed by atoms with van der Waals surface area (Å²) in [5, 5.41) is 3.46. The summed E-state index contributed by atoms with van der Waals surface area (Å²) < 4.78 is 18.7. The number of ether oxygens (including phenoxy) is 1. The Morgan fingerprint density at radius 3 is 2.57 bits per heavy atom. The van der Waals surface area contributed by atoms with Crippen LogP contribution in [0.2, 0.25) is 0 Å². The lowest BCUT2D eigenvalue weighted by molar-refractivity contribution is -0.129. The van der Waals surface area contributed by atoms with Gasteiger partial charge in [-0.1, -0.05) is 18.2 Å². The van der Waals surface area contributed by atoms with Gasteiger partial charge >= 0.3 is 5.97 Å². The van der Waals surface area contributed by atoms with Gasteiger partial charge in [-0.3, -0.25) is 4.79 Å². The monoisotopic (exact) mass is 378 g/mol. The highest BCUT2D eigenvalue weighted by molar-refractivity contribution is 6.05. The van der Waals surface area contributed by atoms with Crippen LogP contribution in [0, 0.1) is 5.82 Å². The number of aromatic nitrogens is 1. The summed E-state index contributed by atoms with van der Waals surface area (Å²) in [4.78, 5) is 29.5. The molecule has 1 heterocycles. The van der Waals surface area contributed by atoms with Crippen LogP contribution in [0.4, 0.5) is 4.39 Å². The zero-order valence-electron chi connectivity index (χ0n) is 15.3. The number of para-hydroxylation sites is 1. The van der Waals surface area contributed by atoms with Gasteiger partial charge in [0.05, 0.1) is 16.8 Å². The van der Waals surface area contributed by atoms with E-state index < -0.39 is 12.1 Å². The van der Waals surface area contributed by atoms with Gasteiger partial charge in [0.1, 0.15) is 5.82 Å². The van der Waals surface area contributed by atoms with E-state index in [4.69, 9.17) is 4.74 Å². The molecule has 5 nitrogen and oxygen atoms in total. The van der Waals surface area contributed by atoms with E-state index in [9.17, 15) is 14.0 Å². The number of nitrogens with one attached hydrogen (secondary N) is 1. The standard InChI is InChI=1S/C22H19FN2O3/c1-13(21(26)24-16-10-11-16)28-22(27)18-12-20(14-6-8-15(23)9-7-14)25-19-5-3-2-4-17(18)19/h2-9,12-13,16H,10-11H2,1H3,(H,24,26)/t13-/m1/s1. The summed E-state index contributed by atoms with van der Waals surface area (Å²) in [6.45, 7) is 1.56. The predicted molar refractivity (Wildman–Crippen MR) is 103 cm³/mol. The molecule has 0 bridgehead atoms. The van der Waals surface area contributed by atoms with Gasteiger partial charge < -0.3 is 10.1 Å². The number of halogens is 1. The third kappa shape index (κ3) is 3.86. The van der Waals surface area contributed by atoms with Gasteiger partial charge in [0.25, 0.3) is 5.91 Å². The molecule has 1 amide bonds. The van der Waals surface area contributed by atoms with Crippen molar-refractivity contribution in [2.45, 2.75) is 31.9 Å². The van der Waals surface area contributed by atoms with E-state index in [1.165, 1.54) is 12.1 Å². The van der Waals surface area contributed by atoms with Gasteiger partial charge in [0.15, 0.2) is 6.10 Å². The number of carbonyl (C=O) groups is 2. The van der Waals surface area contributed by atoms with Gasteiger partial charge in [0, 0.05) is 17.0 Å². The van der Waals surface area contributed by atoms with Crippen molar-refractivity contribution in [1.82, 2.24) is 10.3 Å². The zero-order valence-corrected chi connectivity index (χ0v) is 15.3. The van der Waals surface area contributed by atoms with Crippen LogP contribution in [0.15, 0.2) is 54.6 Å². The van der Waals surface area contributed by atoms with Crippen LogP contribution in [-0.2, 0) is 9.53 Å². The largest absolute Gasteiger partial charge is 0.449 e. The molecule has 1 atom stereocenters. The Hall–Kier alpha value is -3.28. The van der Waals surface area contributed by atoms with Crippen molar-refractivity contribution in [3.8, 4) is 11.3 Å². The van der Waals surface area contributed by atoms with Gasteiger partial charge in [-0.2, -0.15) is 0 Å². The number of hydrogen-bond donors (Lipinski definition) is 1. The summed E-state index contributed by atoms with van der Waals surface area (Å²) in [7, 11) is 0. The minimum absolute atomic E-state index is 0.195. The Kier molecular flexibility index (Phi) is 4.77. The van der Waals surface area contributed by atoms with Crippen molar-refractivity contribution in [3.63, 3.8) is 0 Å². The van der Waals surface area contributed by atoms with Crippen molar-refractivity contribution < 1.29 is 18.7 Å². The second kappa shape index (κ2) is 7.38. The number of hydrogen-bond acceptors (Lipinski definition) is 4. The molecule has 1 saturated carbocycles. The molecule has 1 N–H and O–H groups in total. The predicted octanol–water partition coefficient (Wildman–Crippen LogP) is 3.86. The summed E-state index contributed by atoms with van der Waals surface area (Å²) in [6.07, 6.45) is 1.03. The summed E-state index contributed by atoms with van der Waals surface area (Å²) in [5.41, 5.74) is 2.14. The van der Waals surface area contributed by atoms with E-state index in [1.54, 1.807) is 37.3 Å². The molecule has 3 aromatic rings. The first kappa shape index (κ1) is 18.1. The topological polar surface area (TPSA) is 68.3 Å². The lowest BCUT2D eigenvalue weighted by Gasteiger charge is -2.15. The third-order valence-electron chi connectivity index (χ3n) is 4.65. The molecule has 0 radical (unpaired) electrons. The maximum Gasteiger partial charge on any atom is 0.339 e. The minimum Gasteiger partial charge on any atom is -0.449 e. The third-order valence-corrected chi connectivity index (χ3v) is 4.65. The zero-order chi connectivity index (χ0) is 19.7. The molecule has 0 aliphatic heterocycles. The maximum absolute atomic E-state index is 13.2. The minimum atomic E-state index is -0.894. The van der Waals surface area contributed by atoms with Gasteiger partial charge in [0.2, 0.25) is 0 Å². The summed E-state index contributed by atoms with van der Waals surface area (Å²) in [6, 6.07) is 14.9. The number of rotatable bonds is 5. The second-order valence-corrected chi connectivity index (χ2v) is 6.91. The first-order chi connectivity index (χ1) is 13.5. The smallest absolute Gasteiger partial charge is 0.339 e. The second-order valence-electron chi connectivity index (χ2n) is 6.91. The molecule has 0 unspecified atom stereocenters. The van der Waals surface area contributed by atoms with Crippen LogP contribution < -0.4 is 5.32 Å². The highest BCUT2D eigenvalue weighted by atomic mass is 19.1. The molecule has 1 fully saturated rings. The SMILES string of the molecule is C[C@@H](OC(=O)c1cc(-c2ccc(F)cc2)nc2ccccc12)C(=O)NC1CC1. The Balaban J connectivity index is 1.67. The van der Waals surface area contributed by atoms with Crippen LogP contribution in [0.5, 0.6) is 0 Å². The fourth-order valence-electron chi connectivity index (χ4n) is 2.94. The summed E-state index contributed by atoms with van der Waals surface area (Å²) >= 11 is 0. The number of fused-ring (bicyclic) bond motifs is 1. The number of benzene rings is 2. The Morgan fingerprint density at radius 1 is 1.14 bits per heavy atom. The average molecular weight is 378 g/mol. The molecular formula is C22H19FN2O3. The van der Waals surface area contributed by atoms with Crippen LogP contribution >= 0.6 is 0 Å². The normalized spacial score (nSPS) is 14.5. The Bertz CT molecular complexity index is 1050. The Morgan fingerprint density at radius 2 is 1.86 bits per heavy atom. The average Bonchev–Trinajstić information content (AvgIpc) is 3.51. The molecule has 1 aromatic heterocycles. The number of pyridine rings is 1. The first-order valence-corrected chi connectivity index (χ1v) is 9.18. The molecule has 28 heavy (non-hydrogen) atoms. The molecule has 6 heteroatoms. The van der Waals surface area contributed by atoms with Crippen LogP contribution in [0.25, 0.3) is 22.2 Å². The van der Waals surface area contributed by atoms with Crippen molar-refractivity contribution in [2.24, 2.45) is 0 Å². The van der Waals surface area contributed by atoms with Crippen molar-refractivity contribution in [2.75, 3.05) is 0 Å². The number of esters is 1. The van der Waals surface area contributed by atoms with E-state index >= 15 is 0 Å². The molecule has 2 aromatic carbocycles. The molecule has 1 aliphatic rings. The highest BCUT2D eigenvalue weighted by Gasteiger charge is 2.28. The molecule has 0 saturated heterocycles. The van der Waals surface area contributed by atoms with Crippen molar-refractivity contribution in [1.29, 1.82) is 0 Å². The number of carbonyl (C=O) groups excluding carboxylic acids is 2. The van der Waals surface area contributed by atoms with Crippen molar-refractivity contribution in [3.05, 3.63) is 66.0 Å².